The maximum Gasteiger partial charge on any atom is 0.255 e. The summed E-state index contributed by atoms with van der Waals surface area (Å²) >= 11 is 0. The van der Waals surface area contributed by atoms with Crippen LogP contribution in [0.15, 0.2) is 18.2 Å². The number of carbonyl (C=O) groups is 2. The standard InChI is InChI=1S/C23H31N3O4S/c1-15-4-5-18-17(12-15)20(28)25-23(24-18)8-10-26(11-9-23)31(29,30)14-22-7-6-16(13-19(22)27)21(22,2)3/h4-5,12,16,24H,6-11,13-14H2,1-3H3,(H,25,28)/t16?,22-/m1/s1. The topological polar surface area (TPSA) is 95.6 Å². The number of anilines is 1. The molecule has 2 N–H and O–H groups in total. The number of hydrogen-bond donors (Lipinski definition) is 2. The van der Waals surface area contributed by atoms with E-state index in [0.717, 1.165) is 17.7 Å². The highest BCUT2D eigenvalue weighted by Gasteiger charge is 2.65. The molecule has 2 saturated carbocycles. The Morgan fingerprint density at radius 2 is 1.81 bits per heavy atom. The minimum absolute atomic E-state index is 0.0861. The normalized spacial score (nSPS) is 31.4. The van der Waals surface area contributed by atoms with Crippen LogP contribution < -0.4 is 10.6 Å². The molecule has 2 aliphatic carbocycles. The van der Waals surface area contributed by atoms with Gasteiger partial charge in [0.15, 0.2) is 0 Å². The number of benzene rings is 1. The number of ketones is 1. The van der Waals surface area contributed by atoms with Gasteiger partial charge in [-0.25, -0.2) is 12.7 Å². The van der Waals surface area contributed by atoms with Crippen LogP contribution in [0.1, 0.15) is 61.9 Å². The summed E-state index contributed by atoms with van der Waals surface area (Å²) in [5, 5.41) is 6.53. The molecular weight excluding hydrogens is 414 g/mol. The van der Waals surface area contributed by atoms with Gasteiger partial charge in [0, 0.05) is 43.5 Å². The number of nitrogens with one attached hydrogen (secondary N) is 2. The Balaban J connectivity index is 1.32. The van der Waals surface area contributed by atoms with E-state index in [1.165, 1.54) is 4.31 Å². The average Bonchev–Trinajstić information content (AvgIpc) is 3.03. The molecule has 2 atom stereocenters. The van der Waals surface area contributed by atoms with Gasteiger partial charge in [-0.1, -0.05) is 25.5 Å². The number of carbonyl (C=O) groups excluding carboxylic acids is 2. The molecule has 1 unspecified atom stereocenters. The van der Waals surface area contributed by atoms with E-state index in [9.17, 15) is 18.0 Å². The molecule has 7 nitrogen and oxygen atoms in total. The van der Waals surface area contributed by atoms with Crippen molar-refractivity contribution in [3.63, 3.8) is 0 Å². The summed E-state index contributed by atoms with van der Waals surface area (Å²) < 4.78 is 28.3. The van der Waals surface area contributed by atoms with Crippen molar-refractivity contribution in [1.29, 1.82) is 0 Å². The molecule has 0 radical (unpaired) electrons. The van der Waals surface area contributed by atoms with Crippen LogP contribution in [0.3, 0.4) is 0 Å². The first-order valence-electron chi connectivity index (χ1n) is 11.2. The summed E-state index contributed by atoms with van der Waals surface area (Å²) in [5.74, 6) is 0.212. The van der Waals surface area contributed by atoms with Gasteiger partial charge in [-0.2, -0.15) is 0 Å². The molecule has 3 fully saturated rings. The molecule has 2 bridgehead atoms. The minimum Gasteiger partial charge on any atom is -0.362 e. The molecule has 168 valence electrons. The van der Waals surface area contributed by atoms with Crippen molar-refractivity contribution in [2.24, 2.45) is 16.7 Å². The molecule has 1 aromatic rings. The van der Waals surface area contributed by atoms with Gasteiger partial charge in [0.25, 0.3) is 5.91 Å². The van der Waals surface area contributed by atoms with Crippen molar-refractivity contribution in [1.82, 2.24) is 9.62 Å². The molecule has 1 saturated heterocycles. The fraction of sp³-hybridized carbons (Fsp3) is 0.652. The Kier molecular flexibility index (Phi) is 4.42. The fourth-order valence-corrected chi connectivity index (χ4v) is 8.66. The second kappa shape index (κ2) is 6.54. The Morgan fingerprint density at radius 1 is 1.10 bits per heavy atom. The minimum atomic E-state index is -3.58. The Hall–Kier alpha value is -1.93. The molecule has 31 heavy (non-hydrogen) atoms. The smallest absolute Gasteiger partial charge is 0.255 e. The lowest BCUT2D eigenvalue weighted by atomic mass is 9.70. The van der Waals surface area contributed by atoms with Crippen LogP contribution >= 0.6 is 0 Å². The van der Waals surface area contributed by atoms with Crippen LogP contribution in [-0.4, -0.2) is 48.9 Å². The van der Waals surface area contributed by atoms with Crippen molar-refractivity contribution in [2.75, 3.05) is 24.2 Å². The zero-order valence-electron chi connectivity index (χ0n) is 18.5. The number of nitrogens with zero attached hydrogens (tertiary/aromatic N) is 1. The largest absolute Gasteiger partial charge is 0.362 e. The number of aryl methyl sites for hydroxylation is 1. The van der Waals surface area contributed by atoms with E-state index < -0.39 is 21.1 Å². The Bertz CT molecular complexity index is 1070. The van der Waals surface area contributed by atoms with Crippen LogP contribution in [0.25, 0.3) is 0 Å². The molecule has 1 amide bonds. The summed E-state index contributed by atoms with van der Waals surface area (Å²) in [4.78, 5) is 25.5. The summed E-state index contributed by atoms with van der Waals surface area (Å²) in [7, 11) is -3.58. The monoisotopic (exact) mass is 445 g/mol. The number of sulfonamides is 1. The maximum absolute atomic E-state index is 13.4. The number of hydrogen-bond acceptors (Lipinski definition) is 5. The van der Waals surface area contributed by atoms with Gasteiger partial charge < -0.3 is 10.6 Å². The lowest BCUT2D eigenvalue weighted by Crippen LogP contribution is -2.63. The highest BCUT2D eigenvalue weighted by molar-refractivity contribution is 7.89. The van der Waals surface area contributed by atoms with Crippen LogP contribution in [0.2, 0.25) is 0 Å². The van der Waals surface area contributed by atoms with Crippen LogP contribution in [-0.2, 0) is 14.8 Å². The second-order valence-corrected chi connectivity index (χ2v) is 12.5. The summed E-state index contributed by atoms with van der Waals surface area (Å²) in [6, 6.07) is 5.74. The molecule has 8 heteroatoms. The number of piperidine rings is 1. The first kappa shape index (κ1) is 20.9. The number of fused-ring (bicyclic) bond motifs is 3. The quantitative estimate of drug-likeness (QED) is 0.746. The predicted octanol–water partition coefficient (Wildman–Crippen LogP) is 2.67. The number of rotatable bonds is 3. The molecule has 5 rings (SSSR count). The van der Waals surface area contributed by atoms with E-state index in [1.807, 2.05) is 25.1 Å². The van der Waals surface area contributed by atoms with Gasteiger partial charge in [0.2, 0.25) is 10.0 Å². The van der Waals surface area contributed by atoms with Crippen LogP contribution in [0, 0.1) is 23.7 Å². The van der Waals surface area contributed by atoms with Crippen LogP contribution in [0.5, 0.6) is 0 Å². The zero-order valence-corrected chi connectivity index (χ0v) is 19.3. The van der Waals surface area contributed by atoms with Gasteiger partial charge >= 0.3 is 0 Å². The highest BCUT2D eigenvalue weighted by Crippen LogP contribution is 2.64. The van der Waals surface area contributed by atoms with Gasteiger partial charge in [-0.05, 0) is 43.2 Å². The maximum atomic E-state index is 13.4. The Morgan fingerprint density at radius 3 is 2.42 bits per heavy atom. The van der Waals surface area contributed by atoms with Crippen molar-refractivity contribution in [3.05, 3.63) is 29.3 Å². The summed E-state index contributed by atoms with van der Waals surface area (Å²) in [5.41, 5.74) is 0.780. The predicted molar refractivity (Wildman–Crippen MR) is 118 cm³/mol. The first-order chi connectivity index (χ1) is 14.5. The van der Waals surface area contributed by atoms with Gasteiger partial charge in [0.05, 0.1) is 11.3 Å². The third-order valence-corrected chi connectivity index (χ3v) is 10.7. The van der Waals surface area contributed by atoms with Gasteiger partial charge in [-0.3, -0.25) is 9.59 Å². The molecule has 1 spiro atoms. The third-order valence-electron chi connectivity index (χ3n) is 8.68. The molecule has 0 aromatic heterocycles. The van der Waals surface area contributed by atoms with E-state index in [-0.39, 0.29) is 22.9 Å². The van der Waals surface area contributed by atoms with Gasteiger partial charge in [-0.15, -0.1) is 0 Å². The van der Waals surface area contributed by atoms with E-state index in [2.05, 4.69) is 24.5 Å². The molecule has 2 aliphatic heterocycles. The van der Waals surface area contributed by atoms with Crippen molar-refractivity contribution in [3.8, 4) is 0 Å². The van der Waals surface area contributed by atoms with Crippen molar-refractivity contribution < 1.29 is 18.0 Å². The first-order valence-corrected chi connectivity index (χ1v) is 12.8. The van der Waals surface area contributed by atoms with E-state index in [4.69, 9.17) is 0 Å². The van der Waals surface area contributed by atoms with Crippen LogP contribution in [0.4, 0.5) is 5.69 Å². The SMILES string of the molecule is Cc1ccc2c(c1)C(=O)NC1(CCN(S(=O)(=O)C[C@]34CCC(CC3=O)C4(C)C)CC1)N2. The molecule has 1 aromatic carbocycles. The Labute approximate surface area is 184 Å². The highest BCUT2D eigenvalue weighted by atomic mass is 32.2. The lowest BCUT2D eigenvalue weighted by molar-refractivity contribution is -0.128. The molecule has 2 heterocycles. The van der Waals surface area contributed by atoms with E-state index in [0.29, 0.717) is 50.3 Å². The van der Waals surface area contributed by atoms with E-state index >= 15 is 0 Å². The van der Waals surface area contributed by atoms with Gasteiger partial charge in [0.1, 0.15) is 11.4 Å². The molecular formula is C23H31N3O4S. The van der Waals surface area contributed by atoms with Crippen molar-refractivity contribution >= 4 is 27.4 Å². The van der Waals surface area contributed by atoms with E-state index in [1.54, 1.807) is 0 Å². The number of amides is 1. The third kappa shape index (κ3) is 2.98. The number of Topliss-reactive ketones (excluding diaryl/α,β-unsaturated/α-hetero) is 1. The zero-order chi connectivity index (χ0) is 22.2. The summed E-state index contributed by atoms with van der Waals surface area (Å²) in [6.07, 6.45) is 3.09. The molecule has 4 aliphatic rings. The van der Waals surface area contributed by atoms with Crippen molar-refractivity contribution in [2.45, 2.75) is 58.5 Å². The average molecular weight is 446 g/mol. The lowest BCUT2D eigenvalue weighted by Gasteiger charge is -2.46. The summed E-state index contributed by atoms with van der Waals surface area (Å²) in [6.45, 7) is 6.73. The second-order valence-electron chi connectivity index (χ2n) is 10.5. The fourth-order valence-electron chi connectivity index (χ4n) is 6.44.